The van der Waals surface area contributed by atoms with Crippen LogP contribution in [-0.4, -0.2) is 32.2 Å². The van der Waals surface area contributed by atoms with E-state index in [0.29, 0.717) is 29.7 Å². The first-order valence-corrected chi connectivity index (χ1v) is 13.6. The Morgan fingerprint density at radius 1 is 1.05 bits per heavy atom. The van der Waals surface area contributed by atoms with Crippen LogP contribution >= 0.6 is 0 Å². The summed E-state index contributed by atoms with van der Waals surface area (Å²) in [5.41, 5.74) is 7.21. The minimum atomic E-state index is -0.00575. The van der Waals surface area contributed by atoms with Gasteiger partial charge in [-0.25, -0.2) is 4.98 Å². The van der Waals surface area contributed by atoms with Crippen LogP contribution in [0.1, 0.15) is 65.8 Å². The van der Waals surface area contributed by atoms with Gasteiger partial charge < -0.3 is 9.88 Å². The van der Waals surface area contributed by atoms with Gasteiger partial charge in [-0.1, -0.05) is 18.2 Å². The van der Waals surface area contributed by atoms with Crippen molar-refractivity contribution < 1.29 is 6.22 Å². The van der Waals surface area contributed by atoms with Gasteiger partial charge in [-0.3, -0.25) is 9.69 Å². The van der Waals surface area contributed by atoms with Gasteiger partial charge in [0.2, 0.25) is 0 Å². The number of hydrogen-bond acceptors (Lipinski definition) is 6. The fraction of sp³-hybridized carbons (Fsp3) is 0.323. The number of carbonyl (C=O) groups excluding carboxylic acids is 1. The maximum atomic E-state index is 13.7. The second kappa shape index (κ2) is 9.44. The van der Waals surface area contributed by atoms with Gasteiger partial charge in [-0.05, 0) is 90.7 Å². The van der Waals surface area contributed by atoms with E-state index < -0.39 is 0 Å². The fourth-order valence-electron chi connectivity index (χ4n) is 5.38. The molecule has 196 valence electrons. The molecule has 1 amide bonds. The molecule has 7 rings (SSSR count). The van der Waals surface area contributed by atoms with E-state index in [1.165, 1.54) is 12.8 Å². The predicted octanol–water partition coefficient (Wildman–Crippen LogP) is 5.20. The van der Waals surface area contributed by atoms with Crippen molar-refractivity contribution in [2.24, 2.45) is 13.0 Å². The number of benzene rings is 2. The number of nitrogens with zero attached hydrogens (tertiary/aromatic N) is 6. The van der Waals surface area contributed by atoms with E-state index in [1.807, 2.05) is 41.9 Å². The van der Waals surface area contributed by atoms with Gasteiger partial charge in [0.1, 0.15) is 12.1 Å². The third-order valence-electron chi connectivity index (χ3n) is 7.95. The molecule has 0 radical (unpaired) electrons. The van der Waals surface area contributed by atoms with Crippen LogP contribution < -0.4 is 10.2 Å². The SMILES string of the molecule is Cn1cnnc1-c1cc(C#N)ccc1-c1cc(C2CC2)nc(N2Cc3ccc(CNCC4CC4)cc3C2=O)c1.[HH]. The topological polar surface area (TPSA) is 99.7 Å². The van der Waals surface area contributed by atoms with Gasteiger partial charge in [0.15, 0.2) is 5.82 Å². The quantitative estimate of drug-likeness (QED) is 0.345. The maximum Gasteiger partial charge on any atom is 0.260 e. The molecule has 4 aromatic rings. The molecular formula is C31H31N7O. The summed E-state index contributed by atoms with van der Waals surface area (Å²) in [7, 11) is 1.89. The molecule has 0 saturated heterocycles. The first-order chi connectivity index (χ1) is 19.1. The Hall–Kier alpha value is -4.35. The van der Waals surface area contributed by atoms with Crippen LogP contribution in [0.5, 0.6) is 0 Å². The molecule has 2 saturated carbocycles. The Morgan fingerprint density at radius 2 is 1.92 bits per heavy atom. The van der Waals surface area contributed by atoms with Crippen molar-refractivity contribution in [2.75, 3.05) is 11.4 Å². The number of anilines is 1. The van der Waals surface area contributed by atoms with Crippen molar-refractivity contribution in [1.29, 1.82) is 5.26 Å². The second-order valence-electron chi connectivity index (χ2n) is 11.0. The molecule has 2 aromatic heterocycles. The molecule has 2 fully saturated rings. The summed E-state index contributed by atoms with van der Waals surface area (Å²) in [6.07, 6.45) is 6.50. The van der Waals surface area contributed by atoms with Gasteiger partial charge >= 0.3 is 0 Å². The molecule has 8 heteroatoms. The minimum Gasteiger partial charge on any atom is -0.317 e. The van der Waals surface area contributed by atoms with Crippen LogP contribution in [0.4, 0.5) is 5.82 Å². The zero-order valence-electron chi connectivity index (χ0n) is 21.9. The summed E-state index contributed by atoms with van der Waals surface area (Å²) < 4.78 is 1.85. The van der Waals surface area contributed by atoms with Crippen LogP contribution in [0.15, 0.2) is 54.9 Å². The highest BCUT2D eigenvalue weighted by Gasteiger charge is 2.32. The zero-order chi connectivity index (χ0) is 26.5. The molecule has 8 nitrogen and oxygen atoms in total. The predicted molar refractivity (Wildman–Crippen MR) is 150 cm³/mol. The lowest BCUT2D eigenvalue weighted by Crippen LogP contribution is -2.24. The number of nitrogens with one attached hydrogen (secondary N) is 1. The third kappa shape index (κ3) is 4.59. The average molecular weight is 518 g/mol. The van der Waals surface area contributed by atoms with E-state index in [1.54, 1.807) is 11.2 Å². The van der Waals surface area contributed by atoms with Crippen LogP contribution in [-0.2, 0) is 20.1 Å². The Morgan fingerprint density at radius 3 is 2.67 bits per heavy atom. The second-order valence-corrected chi connectivity index (χ2v) is 11.0. The van der Waals surface area contributed by atoms with Crippen LogP contribution in [0.25, 0.3) is 22.5 Å². The van der Waals surface area contributed by atoms with Crippen molar-refractivity contribution in [3.05, 3.63) is 82.8 Å². The van der Waals surface area contributed by atoms with Crippen molar-refractivity contribution in [3.63, 3.8) is 0 Å². The molecule has 39 heavy (non-hydrogen) atoms. The van der Waals surface area contributed by atoms with E-state index in [4.69, 9.17) is 4.98 Å². The Kier molecular flexibility index (Phi) is 5.75. The molecule has 0 unspecified atom stereocenters. The zero-order valence-corrected chi connectivity index (χ0v) is 21.9. The Labute approximate surface area is 228 Å². The summed E-state index contributed by atoms with van der Waals surface area (Å²) >= 11 is 0. The smallest absolute Gasteiger partial charge is 0.260 e. The first-order valence-electron chi connectivity index (χ1n) is 13.6. The lowest BCUT2D eigenvalue weighted by molar-refractivity contribution is 0.0996. The third-order valence-corrected chi connectivity index (χ3v) is 7.95. The van der Waals surface area contributed by atoms with E-state index in [2.05, 4.69) is 39.8 Å². The van der Waals surface area contributed by atoms with Crippen LogP contribution in [0.2, 0.25) is 0 Å². The van der Waals surface area contributed by atoms with Gasteiger partial charge in [0.05, 0.1) is 18.2 Å². The Bertz CT molecular complexity index is 1650. The summed E-state index contributed by atoms with van der Waals surface area (Å²) in [4.78, 5) is 20.5. The molecule has 2 aliphatic carbocycles. The largest absolute Gasteiger partial charge is 0.317 e. The van der Waals surface area contributed by atoms with Crippen molar-refractivity contribution >= 4 is 11.7 Å². The molecular weight excluding hydrogens is 486 g/mol. The van der Waals surface area contributed by atoms with Gasteiger partial charge in [0.25, 0.3) is 5.91 Å². The molecule has 1 N–H and O–H groups in total. The molecule has 3 heterocycles. The molecule has 0 spiro atoms. The number of pyridine rings is 1. The normalized spacial score (nSPS) is 16.4. The highest BCUT2D eigenvalue weighted by molar-refractivity contribution is 6.10. The van der Waals surface area contributed by atoms with Crippen molar-refractivity contribution in [1.82, 2.24) is 25.1 Å². The number of hydrogen-bond donors (Lipinski definition) is 1. The number of aryl methyl sites for hydroxylation is 1. The monoisotopic (exact) mass is 517 g/mol. The summed E-state index contributed by atoms with van der Waals surface area (Å²) in [5.74, 6) is 2.57. The lowest BCUT2D eigenvalue weighted by Gasteiger charge is -2.18. The van der Waals surface area contributed by atoms with Crippen LogP contribution in [0.3, 0.4) is 0 Å². The maximum absolute atomic E-state index is 13.7. The average Bonchev–Trinajstić information content (AvgIpc) is 3.89. The highest BCUT2D eigenvalue weighted by atomic mass is 16.2. The number of nitriles is 1. The summed E-state index contributed by atoms with van der Waals surface area (Å²) in [5, 5.41) is 21.5. The molecule has 0 bridgehead atoms. The fourth-order valence-corrected chi connectivity index (χ4v) is 5.38. The van der Waals surface area contributed by atoms with Crippen molar-refractivity contribution in [3.8, 4) is 28.6 Å². The Balaban J connectivity index is 0.00000289. The van der Waals surface area contributed by atoms with Gasteiger partial charge in [-0.2, -0.15) is 5.26 Å². The van der Waals surface area contributed by atoms with E-state index >= 15 is 0 Å². The van der Waals surface area contributed by atoms with Gasteiger partial charge in [0, 0.05) is 37.8 Å². The molecule has 1 aliphatic heterocycles. The number of amides is 1. The molecule has 2 aromatic carbocycles. The van der Waals surface area contributed by atoms with E-state index in [0.717, 1.165) is 70.9 Å². The van der Waals surface area contributed by atoms with E-state index in [-0.39, 0.29) is 7.33 Å². The van der Waals surface area contributed by atoms with Crippen molar-refractivity contribution in [2.45, 2.75) is 44.7 Å². The number of rotatable bonds is 8. The number of fused-ring (bicyclic) bond motifs is 1. The molecule has 0 atom stereocenters. The van der Waals surface area contributed by atoms with E-state index in [9.17, 15) is 10.1 Å². The molecule has 3 aliphatic rings. The summed E-state index contributed by atoms with van der Waals surface area (Å²) in [6, 6.07) is 18.2. The summed E-state index contributed by atoms with van der Waals surface area (Å²) in [6.45, 7) is 2.33. The first kappa shape index (κ1) is 23.7. The minimum absolute atomic E-state index is 0. The standard InChI is InChI=1S/C31H29N7O.H2/c1-37-18-34-36-30(37)27-10-20(14-32)5-9-25(27)24-12-28(22-7-8-22)35-29(13-24)38-17-23-6-4-21(11-26(23)31(38)39)16-33-15-19-2-3-19;/h4-6,9-13,18-19,22,33H,2-3,7-8,15-17H2,1H3;1H. The highest BCUT2D eigenvalue weighted by Crippen LogP contribution is 2.43. The number of carbonyl (C=O) groups is 1. The number of aromatic nitrogens is 4. The van der Waals surface area contributed by atoms with Crippen LogP contribution in [0, 0.1) is 17.2 Å². The van der Waals surface area contributed by atoms with Gasteiger partial charge in [-0.15, -0.1) is 10.2 Å². The lowest BCUT2D eigenvalue weighted by atomic mass is 9.96.